The number of nitrogens with one attached hydrogen (secondary N) is 3. The van der Waals surface area contributed by atoms with E-state index in [-0.39, 0.29) is 17.9 Å². The number of aromatic nitrogens is 2. The molecule has 2 aromatic carbocycles. The standard InChI is InChI=1S/C29H33BrN6O5/c1-40-25-17-22-21(28(33-18-32-22)34-20-8-5-7-19(30)15-20)16-23(25)35-27(38)11-10-26(37)31-12-6-14-36-13-4-3-9-24(36)29(39)41-2/h5,7-8,10-11,15-18,24H,3-4,6,9,12-14H2,1-2H3,(H,31,37)(H,35,38)(H,32,33,34)/b11-10+. The number of methoxy groups -OCH3 is 2. The number of likely N-dealkylation sites (tertiary alicyclic amines) is 1. The van der Waals surface area contributed by atoms with E-state index in [0.29, 0.717) is 47.7 Å². The molecule has 3 N–H and O–H groups in total. The minimum absolute atomic E-state index is 0.213. The molecule has 1 aliphatic rings. The van der Waals surface area contributed by atoms with Crippen LogP contribution >= 0.6 is 15.9 Å². The average molecular weight is 626 g/mol. The van der Waals surface area contributed by atoms with Gasteiger partial charge in [-0.1, -0.05) is 28.4 Å². The first-order chi connectivity index (χ1) is 19.9. The third-order valence-electron chi connectivity index (χ3n) is 6.70. The summed E-state index contributed by atoms with van der Waals surface area (Å²) < 4.78 is 11.3. The van der Waals surface area contributed by atoms with Gasteiger partial charge in [-0.25, -0.2) is 9.97 Å². The number of rotatable bonds is 11. The van der Waals surface area contributed by atoms with Gasteiger partial charge < -0.3 is 25.4 Å². The maximum atomic E-state index is 12.7. The lowest BCUT2D eigenvalue weighted by Gasteiger charge is -2.33. The van der Waals surface area contributed by atoms with Gasteiger partial charge >= 0.3 is 5.97 Å². The predicted octanol–water partition coefficient (Wildman–Crippen LogP) is 4.17. The fraction of sp³-hybridized carbons (Fsp3) is 0.345. The topological polar surface area (TPSA) is 135 Å². The van der Waals surface area contributed by atoms with Crippen LogP contribution in [0, 0.1) is 0 Å². The molecule has 1 aromatic heterocycles. The maximum Gasteiger partial charge on any atom is 0.323 e. The summed E-state index contributed by atoms with van der Waals surface area (Å²) >= 11 is 3.46. The first-order valence-corrected chi connectivity index (χ1v) is 14.1. The molecule has 0 radical (unpaired) electrons. The van der Waals surface area contributed by atoms with Crippen molar-refractivity contribution in [3.63, 3.8) is 0 Å². The van der Waals surface area contributed by atoms with Crippen LogP contribution in [0.25, 0.3) is 10.9 Å². The molecule has 216 valence electrons. The summed E-state index contributed by atoms with van der Waals surface area (Å²) in [5.74, 6) is -0.120. The number of halogens is 1. The van der Waals surface area contributed by atoms with Crippen molar-refractivity contribution in [2.45, 2.75) is 31.7 Å². The van der Waals surface area contributed by atoms with Gasteiger partial charge in [0.25, 0.3) is 0 Å². The summed E-state index contributed by atoms with van der Waals surface area (Å²) in [4.78, 5) is 47.8. The molecular formula is C29H33BrN6O5. The highest BCUT2D eigenvalue weighted by molar-refractivity contribution is 9.10. The van der Waals surface area contributed by atoms with Crippen LogP contribution in [-0.2, 0) is 19.1 Å². The highest BCUT2D eigenvalue weighted by Crippen LogP contribution is 2.33. The van der Waals surface area contributed by atoms with E-state index in [1.807, 2.05) is 24.3 Å². The van der Waals surface area contributed by atoms with E-state index in [4.69, 9.17) is 9.47 Å². The Morgan fingerprint density at radius 3 is 2.71 bits per heavy atom. The number of anilines is 3. The molecule has 1 unspecified atom stereocenters. The molecule has 41 heavy (non-hydrogen) atoms. The van der Waals surface area contributed by atoms with Crippen molar-refractivity contribution in [1.82, 2.24) is 20.2 Å². The average Bonchev–Trinajstić information content (AvgIpc) is 2.98. The van der Waals surface area contributed by atoms with Gasteiger partial charge in [0.2, 0.25) is 11.8 Å². The first kappa shape index (κ1) is 29.9. The van der Waals surface area contributed by atoms with Crippen molar-refractivity contribution in [3.05, 3.63) is 59.4 Å². The van der Waals surface area contributed by atoms with E-state index < -0.39 is 5.91 Å². The van der Waals surface area contributed by atoms with Gasteiger partial charge in [0.15, 0.2) is 0 Å². The maximum absolute atomic E-state index is 12.7. The second-order valence-electron chi connectivity index (χ2n) is 9.47. The number of ether oxygens (including phenoxy) is 2. The van der Waals surface area contributed by atoms with Gasteiger partial charge in [-0.3, -0.25) is 19.3 Å². The van der Waals surface area contributed by atoms with Crippen LogP contribution in [-0.4, -0.2) is 72.5 Å². The highest BCUT2D eigenvalue weighted by Gasteiger charge is 2.28. The quantitative estimate of drug-likeness (QED) is 0.163. The van der Waals surface area contributed by atoms with Gasteiger partial charge in [0.1, 0.15) is 23.9 Å². The Morgan fingerprint density at radius 2 is 1.93 bits per heavy atom. The van der Waals surface area contributed by atoms with Gasteiger partial charge in [0, 0.05) is 46.9 Å². The smallest absolute Gasteiger partial charge is 0.323 e. The van der Waals surface area contributed by atoms with Gasteiger partial charge in [-0.05, 0) is 50.1 Å². The second-order valence-corrected chi connectivity index (χ2v) is 10.4. The lowest BCUT2D eigenvalue weighted by molar-refractivity contribution is -0.148. The van der Waals surface area contributed by atoms with Crippen molar-refractivity contribution < 1.29 is 23.9 Å². The number of esters is 1. The number of benzene rings is 2. The van der Waals surface area contributed by atoms with Crippen LogP contribution in [0.2, 0.25) is 0 Å². The summed E-state index contributed by atoms with van der Waals surface area (Å²) in [5, 5.41) is 9.50. The third-order valence-corrected chi connectivity index (χ3v) is 7.19. The molecule has 0 spiro atoms. The largest absolute Gasteiger partial charge is 0.494 e. The van der Waals surface area contributed by atoms with Crippen LogP contribution in [0.3, 0.4) is 0 Å². The monoisotopic (exact) mass is 624 g/mol. The Bertz CT molecular complexity index is 1430. The molecule has 0 saturated carbocycles. The van der Waals surface area contributed by atoms with Crippen molar-refractivity contribution in [2.24, 2.45) is 0 Å². The summed E-state index contributed by atoms with van der Waals surface area (Å²) in [6, 6.07) is 10.9. The lowest BCUT2D eigenvalue weighted by Crippen LogP contribution is -2.46. The van der Waals surface area contributed by atoms with Crippen LogP contribution in [0.5, 0.6) is 5.75 Å². The molecular weight excluding hydrogens is 592 g/mol. The number of hydrogen-bond donors (Lipinski definition) is 3. The van der Waals surface area contributed by atoms with Crippen LogP contribution in [0.1, 0.15) is 25.7 Å². The van der Waals surface area contributed by atoms with E-state index >= 15 is 0 Å². The zero-order valence-electron chi connectivity index (χ0n) is 23.0. The molecule has 11 nitrogen and oxygen atoms in total. The molecule has 0 bridgehead atoms. The SMILES string of the molecule is COC(=O)C1CCCCN1CCCNC(=O)/C=C/C(=O)Nc1cc2c(Nc3cccc(Br)c3)ncnc2cc1OC. The third kappa shape index (κ3) is 8.24. The summed E-state index contributed by atoms with van der Waals surface area (Å²) in [6.45, 7) is 1.93. The van der Waals surface area contributed by atoms with Crippen LogP contribution < -0.4 is 20.7 Å². The van der Waals surface area contributed by atoms with Gasteiger partial charge in [0.05, 0.1) is 25.4 Å². The van der Waals surface area contributed by atoms with E-state index in [1.54, 1.807) is 12.1 Å². The number of hydrogen-bond acceptors (Lipinski definition) is 9. The van der Waals surface area contributed by atoms with Crippen molar-refractivity contribution in [2.75, 3.05) is 44.5 Å². The number of piperidine rings is 1. The molecule has 2 amide bonds. The molecule has 1 saturated heterocycles. The molecule has 2 heterocycles. The Balaban J connectivity index is 1.34. The second kappa shape index (κ2) is 14.6. The van der Waals surface area contributed by atoms with E-state index in [0.717, 1.165) is 36.0 Å². The van der Waals surface area contributed by atoms with Crippen LogP contribution in [0.15, 0.2) is 59.4 Å². The molecule has 1 atom stereocenters. The zero-order valence-corrected chi connectivity index (χ0v) is 24.6. The summed E-state index contributed by atoms with van der Waals surface area (Å²) in [6.07, 6.45) is 7.30. The van der Waals surface area contributed by atoms with Crippen LogP contribution in [0.4, 0.5) is 17.2 Å². The number of nitrogens with zero attached hydrogens (tertiary/aromatic N) is 3. The minimum atomic E-state index is -0.495. The number of fused-ring (bicyclic) bond motifs is 1. The number of carbonyl (C=O) groups is 3. The van der Waals surface area contributed by atoms with Crippen molar-refractivity contribution in [3.8, 4) is 5.75 Å². The molecule has 1 aliphatic heterocycles. The normalized spacial score (nSPS) is 15.4. The van der Waals surface area contributed by atoms with E-state index in [2.05, 4.69) is 46.7 Å². The lowest BCUT2D eigenvalue weighted by atomic mass is 10.0. The van der Waals surface area contributed by atoms with E-state index in [1.165, 1.54) is 32.7 Å². The highest BCUT2D eigenvalue weighted by atomic mass is 79.9. The van der Waals surface area contributed by atoms with Crippen molar-refractivity contribution in [1.29, 1.82) is 0 Å². The molecule has 0 aliphatic carbocycles. The van der Waals surface area contributed by atoms with Crippen molar-refractivity contribution >= 4 is 61.8 Å². The number of amides is 2. The number of carbonyl (C=O) groups excluding carboxylic acids is 3. The predicted molar refractivity (Wildman–Crippen MR) is 160 cm³/mol. The van der Waals surface area contributed by atoms with Gasteiger partial charge in [-0.2, -0.15) is 0 Å². The molecule has 12 heteroatoms. The summed E-state index contributed by atoms with van der Waals surface area (Å²) in [7, 11) is 2.90. The zero-order chi connectivity index (χ0) is 29.2. The Morgan fingerprint density at radius 1 is 1.10 bits per heavy atom. The fourth-order valence-electron chi connectivity index (χ4n) is 4.69. The Hall–Kier alpha value is -4.03. The molecule has 4 rings (SSSR count). The van der Waals surface area contributed by atoms with E-state index in [9.17, 15) is 14.4 Å². The molecule has 3 aromatic rings. The fourth-order valence-corrected chi connectivity index (χ4v) is 5.09. The molecule has 1 fully saturated rings. The summed E-state index contributed by atoms with van der Waals surface area (Å²) in [5.41, 5.74) is 1.86. The first-order valence-electron chi connectivity index (χ1n) is 13.3. The minimum Gasteiger partial charge on any atom is -0.494 e. The van der Waals surface area contributed by atoms with Gasteiger partial charge in [-0.15, -0.1) is 0 Å². The Labute approximate surface area is 246 Å². The Kier molecular flexibility index (Phi) is 10.6.